The topological polar surface area (TPSA) is 35.0 Å². The fourth-order valence-electron chi connectivity index (χ4n) is 1.78. The van der Waals surface area contributed by atoms with Gasteiger partial charge in [0.25, 0.3) is 0 Å². The predicted molar refractivity (Wildman–Crippen MR) is 73.1 cm³/mol. The van der Waals surface area contributed by atoms with Crippen LogP contribution in [0.3, 0.4) is 0 Å². The Morgan fingerprint density at radius 1 is 1.22 bits per heavy atom. The minimum Gasteiger partial charge on any atom is -0.496 e. The van der Waals surface area contributed by atoms with E-state index in [0.717, 1.165) is 34.8 Å². The van der Waals surface area contributed by atoms with E-state index in [1.165, 1.54) is 0 Å². The molecule has 0 saturated heterocycles. The highest BCUT2D eigenvalue weighted by Gasteiger charge is 2.10. The third kappa shape index (κ3) is 2.62. The van der Waals surface area contributed by atoms with Crippen molar-refractivity contribution in [2.24, 2.45) is 0 Å². The van der Waals surface area contributed by atoms with Crippen LogP contribution in [0.4, 0.5) is 0 Å². The van der Waals surface area contributed by atoms with Crippen molar-refractivity contribution in [1.82, 2.24) is 9.97 Å². The average molecular weight is 263 g/mol. The van der Waals surface area contributed by atoms with Gasteiger partial charge in [0.2, 0.25) is 0 Å². The summed E-state index contributed by atoms with van der Waals surface area (Å²) in [5.41, 5.74) is 2.89. The number of ether oxygens (including phenoxy) is 1. The highest BCUT2D eigenvalue weighted by molar-refractivity contribution is 6.29. The summed E-state index contributed by atoms with van der Waals surface area (Å²) in [6.07, 6.45) is 0.752. The molecule has 0 spiro atoms. The zero-order chi connectivity index (χ0) is 13.1. The summed E-state index contributed by atoms with van der Waals surface area (Å²) in [4.78, 5) is 8.67. The summed E-state index contributed by atoms with van der Waals surface area (Å²) in [5.74, 6) is 1.53. The fraction of sp³-hybridized carbons (Fsp3) is 0.286. The van der Waals surface area contributed by atoms with Crippen LogP contribution in [-0.4, -0.2) is 17.1 Å². The molecule has 0 N–H and O–H groups in total. The van der Waals surface area contributed by atoms with Crippen molar-refractivity contribution in [1.29, 1.82) is 0 Å². The van der Waals surface area contributed by atoms with Crippen LogP contribution in [-0.2, 0) is 6.42 Å². The first-order valence-corrected chi connectivity index (χ1v) is 6.20. The Hall–Kier alpha value is -1.61. The number of aryl methyl sites for hydroxylation is 2. The number of nitrogens with zero attached hydrogens (tertiary/aromatic N) is 2. The zero-order valence-electron chi connectivity index (χ0n) is 10.7. The van der Waals surface area contributed by atoms with E-state index in [1.807, 2.05) is 32.0 Å². The predicted octanol–water partition coefficient (Wildman–Crippen LogP) is 3.68. The Kier molecular flexibility index (Phi) is 3.82. The van der Waals surface area contributed by atoms with E-state index in [2.05, 4.69) is 9.97 Å². The highest BCUT2D eigenvalue weighted by Crippen LogP contribution is 2.30. The van der Waals surface area contributed by atoms with Gasteiger partial charge in [0.1, 0.15) is 16.7 Å². The quantitative estimate of drug-likeness (QED) is 0.792. The molecule has 0 saturated carbocycles. The van der Waals surface area contributed by atoms with Crippen LogP contribution in [0.2, 0.25) is 5.15 Å². The molecular weight excluding hydrogens is 248 g/mol. The molecule has 3 nitrogen and oxygen atoms in total. The second-order valence-electron chi connectivity index (χ2n) is 4.05. The minimum absolute atomic E-state index is 0.459. The van der Waals surface area contributed by atoms with Crippen molar-refractivity contribution >= 4 is 11.6 Å². The third-order valence-electron chi connectivity index (χ3n) is 2.69. The van der Waals surface area contributed by atoms with Crippen molar-refractivity contribution in [2.45, 2.75) is 20.3 Å². The molecule has 0 amide bonds. The van der Waals surface area contributed by atoms with E-state index in [0.29, 0.717) is 5.15 Å². The average Bonchev–Trinajstić information content (AvgIpc) is 2.38. The molecule has 0 atom stereocenters. The molecule has 1 heterocycles. The molecule has 0 aliphatic rings. The molecule has 94 valence electrons. The standard InChI is InChI=1S/C14H15ClN2O/c1-4-14-16-11(8-13(15)17-14)10-7-9(2)5-6-12(10)18-3/h5-8H,4H2,1-3H3. The van der Waals surface area contributed by atoms with Gasteiger partial charge in [0.05, 0.1) is 12.8 Å². The van der Waals surface area contributed by atoms with E-state index in [1.54, 1.807) is 13.2 Å². The molecule has 0 unspecified atom stereocenters. The first-order valence-electron chi connectivity index (χ1n) is 5.82. The lowest BCUT2D eigenvalue weighted by Gasteiger charge is -2.10. The smallest absolute Gasteiger partial charge is 0.133 e. The summed E-state index contributed by atoms with van der Waals surface area (Å²) in [5, 5.41) is 0.459. The van der Waals surface area contributed by atoms with Crippen molar-refractivity contribution in [2.75, 3.05) is 7.11 Å². The maximum Gasteiger partial charge on any atom is 0.133 e. The number of halogens is 1. The Morgan fingerprint density at radius 3 is 2.67 bits per heavy atom. The summed E-state index contributed by atoms with van der Waals surface area (Å²) < 4.78 is 5.36. The highest BCUT2D eigenvalue weighted by atomic mass is 35.5. The van der Waals surface area contributed by atoms with Gasteiger partial charge in [-0.05, 0) is 19.1 Å². The summed E-state index contributed by atoms with van der Waals surface area (Å²) in [6.45, 7) is 4.04. The maximum absolute atomic E-state index is 6.02. The number of benzene rings is 1. The van der Waals surface area contributed by atoms with E-state index in [4.69, 9.17) is 16.3 Å². The van der Waals surface area contributed by atoms with Crippen LogP contribution in [0.5, 0.6) is 5.75 Å². The third-order valence-corrected chi connectivity index (χ3v) is 2.88. The lowest BCUT2D eigenvalue weighted by molar-refractivity contribution is 0.416. The number of aromatic nitrogens is 2. The van der Waals surface area contributed by atoms with Crippen LogP contribution < -0.4 is 4.74 Å². The summed E-state index contributed by atoms with van der Waals surface area (Å²) in [7, 11) is 1.65. The number of hydrogen-bond acceptors (Lipinski definition) is 3. The minimum atomic E-state index is 0.459. The van der Waals surface area contributed by atoms with Gasteiger partial charge in [-0.2, -0.15) is 0 Å². The first kappa shape index (κ1) is 12.8. The largest absolute Gasteiger partial charge is 0.496 e. The number of hydrogen-bond donors (Lipinski definition) is 0. The fourth-order valence-corrected chi connectivity index (χ4v) is 1.98. The second kappa shape index (κ2) is 5.36. The Bertz CT molecular complexity index is 570. The van der Waals surface area contributed by atoms with Crippen molar-refractivity contribution < 1.29 is 4.74 Å². The van der Waals surface area contributed by atoms with Gasteiger partial charge in [0, 0.05) is 18.1 Å². The summed E-state index contributed by atoms with van der Waals surface area (Å²) >= 11 is 6.02. The molecule has 4 heteroatoms. The SMILES string of the molecule is CCc1nc(Cl)cc(-c2cc(C)ccc2OC)n1. The zero-order valence-corrected chi connectivity index (χ0v) is 11.5. The maximum atomic E-state index is 6.02. The molecule has 1 aromatic heterocycles. The molecule has 1 aromatic carbocycles. The Labute approximate surface area is 112 Å². The van der Waals surface area contributed by atoms with Gasteiger partial charge < -0.3 is 4.74 Å². The van der Waals surface area contributed by atoms with Crippen molar-refractivity contribution in [3.8, 4) is 17.0 Å². The van der Waals surface area contributed by atoms with Gasteiger partial charge in [-0.25, -0.2) is 9.97 Å². The van der Waals surface area contributed by atoms with Crippen molar-refractivity contribution in [3.05, 3.63) is 40.8 Å². The molecule has 0 fully saturated rings. The van der Waals surface area contributed by atoms with Gasteiger partial charge in [0.15, 0.2) is 0 Å². The van der Waals surface area contributed by atoms with Gasteiger partial charge >= 0.3 is 0 Å². The van der Waals surface area contributed by atoms with E-state index in [-0.39, 0.29) is 0 Å². The molecule has 18 heavy (non-hydrogen) atoms. The molecule has 2 aromatic rings. The Balaban J connectivity index is 2.60. The van der Waals surface area contributed by atoms with E-state index < -0.39 is 0 Å². The van der Waals surface area contributed by atoms with Crippen LogP contribution in [0.15, 0.2) is 24.3 Å². The number of rotatable bonds is 3. The monoisotopic (exact) mass is 262 g/mol. The van der Waals surface area contributed by atoms with Gasteiger partial charge in [-0.3, -0.25) is 0 Å². The Morgan fingerprint density at radius 2 is 2.00 bits per heavy atom. The van der Waals surface area contributed by atoms with E-state index >= 15 is 0 Å². The van der Waals surface area contributed by atoms with Crippen LogP contribution >= 0.6 is 11.6 Å². The van der Waals surface area contributed by atoms with Gasteiger partial charge in [-0.15, -0.1) is 0 Å². The normalized spacial score (nSPS) is 10.4. The molecule has 0 aliphatic heterocycles. The second-order valence-corrected chi connectivity index (χ2v) is 4.44. The first-order chi connectivity index (χ1) is 8.63. The van der Waals surface area contributed by atoms with Crippen molar-refractivity contribution in [3.63, 3.8) is 0 Å². The van der Waals surface area contributed by atoms with Gasteiger partial charge in [-0.1, -0.05) is 30.2 Å². The van der Waals surface area contributed by atoms with E-state index in [9.17, 15) is 0 Å². The van der Waals surface area contributed by atoms with Crippen LogP contribution in [0.1, 0.15) is 18.3 Å². The molecule has 2 rings (SSSR count). The summed E-state index contributed by atoms with van der Waals surface area (Å²) in [6, 6.07) is 7.74. The molecular formula is C14H15ClN2O. The van der Waals surface area contributed by atoms with Crippen LogP contribution in [0, 0.1) is 6.92 Å². The molecule has 0 radical (unpaired) electrons. The number of methoxy groups -OCH3 is 1. The molecule has 0 aliphatic carbocycles. The lowest BCUT2D eigenvalue weighted by Crippen LogP contribution is -1.97. The lowest BCUT2D eigenvalue weighted by atomic mass is 10.1. The van der Waals surface area contributed by atoms with Crippen LogP contribution in [0.25, 0.3) is 11.3 Å². The molecule has 0 bridgehead atoms.